The first-order valence-electron chi connectivity index (χ1n) is 13.8. The number of imidazole rings is 1. The number of β-amino-alcohol motifs (C(OH)–C–C–N with tert-alkyl or cyclic N) is 1. The second-order valence-corrected chi connectivity index (χ2v) is 10.6. The smallest absolute Gasteiger partial charge is 0.251 e. The van der Waals surface area contributed by atoms with Crippen LogP contribution >= 0.6 is 0 Å². The van der Waals surface area contributed by atoms with E-state index >= 15 is 0 Å². The number of amides is 2. The molecule has 0 spiro atoms. The number of rotatable bonds is 10. The number of nitriles is 1. The monoisotopic (exact) mass is 604 g/mol. The summed E-state index contributed by atoms with van der Waals surface area (Å²) in [6, 6.07) is 8.96. The number of carbonyl (C=O) groups excluding carboxylic acids is 2. The Morgan fingerprint density at radius 3 is 2.73 bits per heavy atom. The van der Waals surface area contributed by atoms with E-state index in [4.69, 9.17) is 10.00 Å². The fraction of sp³-hybridized carbons (Fsp3) is 0.300. The van der Waals surface area contributed by atoms with Crippen molar-refractivity contribution in [1.82, 2.24) is 30.3 Å². The normalized spacial score (nSPS) is 17.7. The van der Waals surface area contributed by atoms with Gasteiger partial charge in [0.05, 0.1) is 23.5 Å². The van der Waals surface area contributed by atoms with Gasteiger partial charge in [-0.1, -0.05) is 0 Å². The lowest BCUT2D eigenvalue weighted by atomic mass is 10.0. The molecule has 2 atom stereocenters. The maximum atomic E-state index is 14.9. The van der Waals surface area contributed by atoms with Crippen LogP contribution in [0.5, 0.6) is 5.75 Å². The second-order valence-electron chi connectivity index (χ2n) is 10.6. The molecular formula is C30H30F2N8O4. The van der Waals surface area contributed by atoms with Crippen molar-refractivity contribution in [2.24, 2.45) is 0 Å². The number of benzene rings is 2. The van der Waals surface area contributed by atoms with Crippen LogP contribution in [0.4, 0.5) is 20.3 Å². The molecule has 14 heteroatoms. The van der Waals surface area contributed by atoms with E-state index in [0.717, 1.165) is 0 Å². The van der Waals surface area contributed by atoms with E-state index in [1.165, 1.54) is 24.5 Å². The van der Waals surface area contributed by atoms with E-state index in [0.29, 0.717) is 41.2 Å². The molecule has 0 radical (unpaired) electrons. The van der Waals surface area contributed by atoms with Gasteiger partial charge >= 0.3 is 0 Å². The molecule has 1 saturated heterocycles. The highest BCUT2D eigenvalue weighted by atomic mass is 19.2. The Balaban J connectivity index is 1.23. The summed E-state index contributed by atoms with van der Waals surface area (Å²) in [5.74, 6) is -2.89. The van der Waals surface area contributed by atoms with Crippen LogP contribution < -0.4 is 26.0 Å². The lowest BCUT2D eigenvalue weighted by Gasteiger charge is -2.15. The molecule has 5 rings (SSSR count). The summed E-state index contributed by atoms with van der Waals surface area (Å²) in [6.45, 7) is 3.84. The molecule has 12 nitrogen and oxygen atoms in total. The average Bonchev–Trinajstić information content (AvgIpc) is 3.59. The minimum Gasteiger partial charge on any atom is -0.476 e. The number of aromatic nitrogens is 3. The zero-order valence-corrected chi connectivity index (χ0v) is 23.9. The number of halogens is 2. The van der Waals surface area contributed by atoms with Gasteiger partial charge in [0.1, 0.15) is 6.07 Å². The van der Waals surface area contributed by atoms with E-state index < -0.39 is 29.9 Å². The highest BCUT2D eigenvalue weighted by molar-refractivity contribution is 5.96. The SMILES string of the molecule is Cc1cc(Nc2nccn3c(-c4ccc(OCC#N)c(F)c4F)cnc23)ccc1C(=O)NCCNC(=O)C1C[C@](C)(O)CN1. The molecule has 3 heterocycles. The van der Waals surface area contributed by atoms with E-state index in [2.05, 4.69) is 31.2 Å². The third-order valence-corrected chi connectivity index (χ3v) is 7.18. The number of hydrogen-bond donors (Lipinski definition) is 5. The van der Waals surface area contributed by atoms with Crippen LogP contribution in [0.2, 0.25) is 0 Å². The van der Waals surface area contributed by atoms with Crippen LogP contribution in [0.15, 0.2) is 48.9 Å². The van der Waals surface area contributed by atoms with E-state index in [9.17, 15) is 23.5 Å². The predicted molar refractivity (Wildman–Crippen MR) is 156 cm³/mol. The van der Waals surface area contributed by atoms with Crippen LogP contribution in [0, 0.1) is 29.9 Å². The molecule has 4 aromatic rings. The first kappa shape index (κ1) is 30.3. The molecule has 1 aliphatic heterocycles. The summed E-state index contributed by atoms with van der Waals surface area (Å²) in [7, 11) is 0. The van der Waals surface area contributed by atoms with Crippen molar-refractivity contribution in [3.8, 4) is 23.1 Å². The Bertz CT molecular complexity index is 1770. The number of nitrogens with one attached hydrogen (secondary N) is 4. The molecule has 228 valence electrons. The van der Waals surface area contributed by atoms with Gasteiger partial charge in [-0.3, -0.25) is 14.0 Å². The Labute approximate surface area is 251 Å². The number of aliphatic hydroxyl groups is 1. The maximum Gasteiger partial charge on any atom is 0.251 e. The fourth-order valence-corrected chi connectivity index (χ4v) is 4.98. The number of carbonyl (C=O) groups is 2. The predicted octanol–water partition coefficient (Wildman–Crippen LogP) is 2.59. The van der Waals surface area contributed by atoms with Crippen LogP contribution in [0.25, 0.3) is 16.9 Å². The third kappa shape index (κ3) is 6.43. The number of hydrogen-bond acceptors (Lipinski definition) is 9. The Kier molecular flexibility index (Phi) is 8.70. The van der Waals surface area contributed by atoms with Gasteiger partial charge in [0.15, 0.2) is 29.6 Å². The van der Waals surface area contributed by atoms with Gasteiger partial charge in [-0.05, 0) is 49.7 Å². The van der Waals surface area contributed by atoms with Gasteiger partial charge in [0, 0.05) is 55.3 Å². The minimum atomic E-state index is -1.21. The van der Waals surface area contributed by atoms with Crippen LogP contribution in [-0.2, 0) is 4.79 Å². The Morgan fingerprint density at radius 2 is 2.00 bits per heavy atom. The largest absolute Gasteiger partial charge is 0.476 e. The van der Waals surface area contributed by atoms with Crippen molar-refractivity contribution in [3.63, 3.8) is 0 Å². The van der Waals surface area contributed by atoms with Crippen LogP contribution in [-0.4, -0.2) is 69.2 Å². The van der Waals surface area contributed by atoms with Gasteiger partial charge in [-0.15, -0.1) is 0 Å². The molecule has 2 aromatic carbocycles. The molecule has 1 fully saturated rings. The van der Waals surface area contributed by atoms with Crippen molar-refractivity contribution in [2.45, 2.75) is 31.9 Å². The topological polar surface area (TPSA) is 166 Å². The van der Waals surface area contributed by atoms with Gasteiger partial charge < -0.3 is 31.1 Å². The summed E-state index contributed by atoms with van der Waals surface area (Å²) in [5, 5.41) is 30.3. The lowest BCUT2D eigenvalue weighted by Crippen LogP contribution is -2.43. The molecule has 0 aliphatic carbocycles. The minimum absolute atomic E-state index is 0.0504. The quantitative estimate of drug-likeness (QED) is 0.171. The summed E-state index contributed by atoms with van der Waals surface area (Å²) >= 11 is 0. The standard InChI is InChI=1S/C30H30F2N8O4/c1-17-13-18(3-4-19(17)28(41)35-8-9-36-29(42)21-14-30(2,43)16-38-21)39-26-27-37-15-22(40(27)11-10-34-26)20-5-6-23(44-12-7-33)25(32)24(20)31/h3-6,10-11,13,15,21,38,43H,8-9,12,14,16H2,1-2H3,(H,34,39)(H,35,41)(H,36,42)/t21?,30-/m0/s1. The molecule has 0 saturated carbocycles. The van der Waals surface area contributed by atoms with Crippen LogP contribution in [0.3, 0.4) is 0 Å². The number of fused-ring (bicyclic) bond motifs is 1. The first-order valence-corrected chi connectivity index (χ1v) is 13.8. The Hall–Kier alpha value is -5.13. The third-order valence-electron chi connectivity index (χ3n) is 7.18. The molecular weight excluding hydrogens is 574 g/mol. The number of aryl methyl sites for hydroxylation is 1. The Morgan fingerprint density at radius 1 is 1.20 bits per heavy atom. The molecule has 1 unspecified atom stereocenters. The lowest BCUT2D eigenvalue weighted by molar-refractivity contribution is -0.123. The van der Waals surface area contributed by atoms with Crippen molar-refractivity contribution in [3.05, 3.63) is 71.7 Å². The zero-order valence-electron chi connectivity index (χ0n) is 23.9. The average molecular weight is 605 g/mol. The van der Waals surface area contributed by atoms with Gasteiger partial charge in [0.25, 0.3) is 5.91 Å². The zero-order chi connectivity index (χ0) is 31.4. The summed E-state index contributed by atoms with van der Waals surface area (Å²) < 4.78 is 36.0. The molecule has 44 heavy (non-hydrogen) atoms. The molecule has 2 aromatic heterocycles. The number of anilines is 2. The molecule has 0 bridgehead atoms. The summed E-state index contributed by atoms with van der Waals surface area (Å²) in [4.78, 5) is 33.7. The van der Waals surface area contributed by atoms with Crippen molar-refractivity contribution >= 4 is 29.0 Å². The van der Waals surface area contributed by atoms with Crippen molar-refractivity contribution in [1.29, 1.82) is 5.26 Å². The van der Waals surface area contributed by atoms with E-state index in [-0.39, 0.29) is 41.9 Å². The van der Waals surface area contributed by atoms with Crippen molar-refractivity contribution in [2.75, 3.05) is 31.6 Å². The first-order chi connectivity index (χ1) is 21.1. The summed E-state index contributed by atoms with van der Waals surface area (Å²) in [6.07, 6.45) is 4.77. The van der Waals surface area contributed by atoms with Gasteiger partial charge in [0.2, 0.25) is 11.7 Å². The number of nitrogens with zero attached hydrogens (tertiary/aromatic N) is 4. The highest BCUT2D eigenvalue weighted by Crippen LogP contribution is 2.32. The maximum absolute atomic E-state index is 14.9. The molecule has 1 aliphatic rings. The van der Waals surface area contributed by atoms with Crippen LogP contribution in [0.1, 0.15) is 29.3 Å². The van der Waals surface area contributed by atoms with Crippen molar-refractivity contribution < 1.29 is 28.2 Å². The highest BCUT2D eigenvalue weighted by Gasteiger charge is 2.36. The van der Waals surface area contributed by atoms with Gasteiger partial charge in [-0.2, -0.15) is 9.65 Å². The second kappa shape index (κ2) is 12.6. The molecule has 2 amide bonds. The van der Waals surface area contributed by atoms with Gasteiger partial charge in [-0.25, -0.2) is 14.4 Å². The number of ether oxygens (including phenoxy) is 1. The summed E-state index contributed by atoms with van der Waals surface area (Å²) in [5.41, 5.74) is 1.41. The van der Waals surface area contributed by atoms with E-state index in [1.54, 1.807) is 48.7 Å². The van der Waals surface area contributed by atoms with E-state index in [1.807, 2.05) is 0 Å². The molecule has 5 N–H and O–H groups in total. The fourth-order valence-electron chi connectivity index (χ4n) is 4.98.